The van der Waals surface area contributed by atoms with Gasteiger partial charge in [-0.15, -0.1) is 0 Å². The Kier molecular flexibility index (Phi) is 7.62. The number of likely N-dealkylation sites (N-methyl/N-ethyl adjacent to an activating group) is 1. The van der Waals surface area contributed by atoms with Gasteiger partial charge in [-0.25, -0.2) is 8.42 Å². The van der Waals surface area contributed by atoms with E-state index in [9.17, 15) is 13.2 Å². The van der Waals surface area contributed by atoms with Crippen molar-refractivity contribution in [2.24, 2.45) is 5.92 Å². The van der Waals surface area contributed by atoms with Crippen molar-refractivity contribution in [2.75, 3.05) is 31.6 Å². The molecule has 0 saturated carbocycles. The van der Waals surface area contributed by atoms with Crippen molar-refractivity contribution in [3.8, 4) is 0 Å². The van der Waals surface area contributed by atoms with Crippen molar-refractivity contribution in [2.45, 2.75) is 37.6 Å². The molecule has 0 spiro atoms. The SMILES string of the molecule is CC1CCCN(c2ccc(C(C)NC(=O)CN(C)S(=O)(=O)c3ccc(Cl)cc3)cc2)C1. The lowest BCUT2D eigenvalue weighted by Crippen LogP contribution is -2.39. The highest BCUT2D eigenvalue weighted by Crippen LogP contribution is 2.24. The van der Waals surface area contributed by atoms with Crippen molar-refractivity contribution in [1.29, 1.82) is 0 Å². The van der Waals surface area contributed by atoms with Gasteiger partial charge in [0.1, 0.15) is 0 Å². The summed E-state index contributed by atoms with van der Waals surface area (Å²) < 4.78 is 26.3. The minimum atomic E-state index is -3.77. The molecule has 1 fully saturated rings. The van der Waals surface area contributed by atoms with E-state index >= 15 is 0 Å². The molecule has 0 aromatic heterocycles. The van der Waals surface area contributed by atoms with E-state index in [2.05, 4.69) is 29.3 Å². The van der Waals surface area contributed by atoms with Gasteiger partial charge in [-0.3, -0.25) is 4.79 Å². The van der Waals surface area contributed by atoms with E-state index in [-0.39, 0.29) is 23.4 Å². The van der Waals surface area contributed by atoms with Gasteiger partial charge in [0.15, 0.2) is 0 Å². The van der Waals surface area contributed by atoms with Gasteiger partial charge in [0.2, 0.25) is 15.9 Å². The third-order valence-electron chi connectivity index (χ3n) is 5.68. The molecule has 3 rings (SSSR count). The molecule has 2 unspecified atom stereocenters. The second-order valence-corrected chi connectivity index (χ2v) is 10.8. The van der Waals surface area contributed by atoms with Crippen molar-refractivity contribution in [3.05, 3.63) is 59.1 Å². The number of hydrogen-bond acceptors (Lipinski definition) is 4. The number of piperidine rings is 1. The molecule has 6 nitrogen and oxygen atoms in total. The maximum atomic E-state index is 12.6. The normalized spacial score (nSPS) is 18.1. The van der Waals surface area contributed by atoms with E-state index in [4.69, 9.17) is 11.6 Å². The number of carbonyl (C=O) groups is 1. The number of hydrogen-bond donors (Lipinski definition) is 1. The second kappa shape index (κ2) is 10.0. The summed E-state index contributed by atoms with van der Waals surface area (Å²) in [4.78, 5) is 15.0. The number of benzene rings is 2. The van der Waals surface area contributed by atoms with Crippen LogP contribution < -0.4 is 10.2 Å². The Bertz CT molecular complexity index is 994. The van der Waals surface area contributed by atoms with E-state index < -0.39 is 10.0 Å². The van der Waals surface area contributed by atoms with Crippen LogP contribution in [0.1, 0.15) is 38.3 Å². The summed E-state index contributed by atoms with van der Waals surface area (Å²) in [5.41, 5.74) is 2.17. The van der Waals surface area contributed by atoms with Gasteiger partial charge in [0, 0.05) is 30.8 Å². The van der Waals surface area contributed by atoms with E-state index in [1.165, 1.54) is 49.8 Å². The Morgan fingerprint density at radius 3 is 2.45 bits per heavy atom. The molecule has 2 aromatic carbocycles. The quantitative estimate of drug-likeness (QED) is 0.671. The molecule has 1 N–H and O–H groups in total. The molecule has 1 aliphatic rings. The molecular weight excluding hydrogens is 434 g/mol. The van der Waals surface area contributed by atoms with Gasteiger partial charge in [0.05, 0.1) is 17.5 Å². The van der Waals surface area contributed by atoms with Crippen LogP contribution in [0.25, 0.3) is 0 Å². The lowest BCUT2D eigenvalue weighted by atomic mass is 9.99. The predicted octanol–water partition coefficient (Wildman–Crippen LogP) is 4.07. The Morgan fingerprint density at radius 2 is 1.84 bits per heavy atom. The van der Waals surface area contributed by atoms with E-state index in [1.807, 2.05) is 19.1 Å². The molecule has 8 heteroatoms. The van der Waals surface area contributed by atoms with E-state index in [0.29, 0.717) is 10.9 Å². The van der Waals surface area contributed by atoms with Gasteiger partial charge in [-0.1, -0.05) is 30.7 Å². The van der Waals surface area contributed by atoms with Crippen LogP contribution >= 0.6 is 11.6 Å². The highest BCUT2D eigenvalue weighted by molar-refractivity contribution is 7.89. The molecule has 1 saturated heterocycles. The number of anilines is 1. The van der Waals surface area contributed by atoms with E-state index in [0.717, 1.165) is 23.0 Å². The zero-order valence-corrected chi connectivity index (χ0v) is 19.8. The molecular formula is C23H30ClN3O3S. The number of nitrogens with zero attached hydrogens (tertiary/aromatic N) is 2. The van der Waals surface area contributed by atoms with Gasteiger partial charge in [0.25, 0.3) is 0 Å². The molecule has 0 aliphatic carbocycles. The number of sulfonamides is 1. The zero-order chi connectivity index (χ0) is 22.6. The number of nitrogens with one attached hydrogen (secondary N) is 1. The van der Waals surface area contributed by atoms with Crippen LogP contribution in [0.3, 0.4) is 0 Å². The topological polar surface area (TPSA) is 69.7 Å². The molecule has 168 valence electrons. The fourth-order valence-corrected chi connectivity index (χ4v) is 5.10. The van der Waals surface area contributed by atoms with Crippen molar-refractivity contribution in [3.63, 3.8) is 0 Å². The first-order chi connectivity index (χ1) is 14.7. The monoisotopic (exact) mass is 463 g/mol. The van der Waals surface area contributed by atoms with Crippen LogP contribution in [0.15, 0.2) is 53.4 Å². The second-order valence-electron chi connectivity index (χ2n) is 8.29. The maximum Gasteiger partial charge on any atom is 0.243 e. The summed E-state index contributed by atoms with van der Waals surface area (Å²) in [6.45, 7) is 6.05. The smallest absolute Gasteiger partial charge is 0.243 e. The zero-order valence-electron chi connectivity index (χ0n) is 18.2. The summed E-state index contributed by atoms with van der Waals surface area (Å²) in [6, 6.07) is 13.9. The maximum absolute atomic E-state index is 12.6. The fraction of sp³-hybridized carbons (Fsp3) is 0.435. The molecule has 1 amide bonds. The highest BCUT2D eigenvalue weighted by Gasteiger charge is 2.24. The van der Waals surface area contributed by atoms with Gasteiger partial charge >= 0.3 is 0 Å². The first kappa shape index (κ1) is 23.6. The van der Waals surface area contributed by atoms with Crippen LogP contribution in [-0.4, -0.2) is 45.3 Å². The molecule has 1 heterocycles. The first-order valence-electron chi connectivity index (χ1n) is 10.5. The standard InChI is InChI=1S/C23H30ClN3O3S/c1-17-5-4-14-27(15-17)21-10-6-19(7-11-21)18(2)25-23(28)16-26(3)31(29,30)22-12-8-20(24)9-13-22/h6-13,17-18H,4-5,14-16H2,1-3H3,(H,25,28). The highest BCUT2D eigenvalue weighted by atomic mass is 35.5. The van der Waals surface area contributed by atoms with Crippen molar-refractivity contribution < 1.29 is 13.2 Å². The third kappa shape index (κ3) is 5.99. The molecule has 0 radical (unpaired) electrons. The summed E-state index contributed by atoms with van der Waals surface area (Å²) in [6.07, 6.45) is 2.49. The van der Waals surface area contributed by atoms with Crippen LogP contribution in [-0.2, 0) is 14.8 Å². The third-order valence-corrected chi connectivity index (χ3v) is 7.75. The minimum absolute atomic E-state index is 0.0999. The van der Waals surface area contributed by atoms with Crippen LogP contribution in [0.4, 0.5) is 5.69 Å². The average molecular weight is 464 g/mol. The number of rotatable bonds is 7. The average Bonchev–Trinajstić information content (AvgIpc) is 2.74. The number of carbonyl (C=O) groups excluding carboxylic acids is 1. The molecule has 0 bridgehead atoms. The molecule has 2 atom stereocenters. The lowest BCUT2D eigenvalue weighted by Gasteiger charge is -2.33. The Labute approximate surface area is 190 Å². The Hall–Kier alpha value is -2.09. The predicted molar refractivity (Wildman–Crippen MR) is 125 cm³/mol. The minimum Gasteiger partial charge on any atom is -0.371 e. The Balaban J connectivity index is 1.58. The van der Waals surface area contributed by atoms with Gasteiger partial charge in [-0.05, 0) is 67.6 Å². The van der Waals surface area contributed by atoms with Gasteiger partial charge in [-0.2, -0.15) is 4.31 Å². The summed E-state index contributed by atoms with van der Waals surface area (Å²) >= 11 is 5.83. The molecule has 1 aliphatic heterocycles. The Morgan fingerprint density at radius 1 is 1.19 bits per heavy atom. The molecule has 31 heavy (non-hydrogen) atoms. The van der Waals surface area contributed by atoms with Crippen LogP contribution in [0.5, 0.6) is 0 Å². The first-order valence-corrected chi connectivity index (χ1v) is 12.3. The lowest BCUT2D eigenvalue weighted by molar-refractivity contribution is -0.121. The molecule has 2 aromatic rings. The largest absolute Gasteiger partial charge is 0.371 e. The fourth-order valence-electron chi connectivity index (χ4n) is 3.84. The summed E-state index contributed by atoms with van der Waals surface area (Å²) in [5.74, 6) is 0.342. The van der Waals surface area contributed by atoms with Crippen LogP contribution in [0.2, 0.25) is 5.02 Å². The van der Waals surface area contributed by atoms with Crippen molar-refractivity contribution >= 4 is 33.2 Å². The number of halogens is 1. The van der Waals surface area contributed by atoms with Crippen molar-refractivity contribution in [1.82, 2.24) is 9.62 Å². The van der Waals surface area contributed by atoms with E-state index in [1.54, 1.807) is 0 Å². The van der Waals surface area contributed by atoms with Gasteiger partial charge < -0.3 is 10.2 Å². The number of amides is 1. The van der Waals surface area contributed by atoms with Crippen LogP contribution in [0, 0.1) is 5.92 Å². The summed E-state index contributed by atoms with van der Waals surface area (Å²) in [5, 5.41) is 3.34. The summed E-state index contributed by atoms with van der Waals surface area (Å²) in [7, 11) is -2.37.